The fourth-order valence-electron chi connectivity index (χ4n) is 1.78. The van der Waals surface area contributed by atoms with E-state index in [1.54, 1.807) is 0 Å². The van der Waals surface area contributed by atoms with Crippen LogP contribution in [0.15, 0.2) is 54.6 Å². The summed E-state index contributed by atoms with van der Waals surface area (Å²) in [6.45, 7) is 6.08. The molecule has 4 heteroatoms. The van der Waals surface area contributed by atoms with Crippen LogP contribution < -0.4 is 0 Å². The van der Waals surface area contributed by atoms with Gasteiger partial charge in [-0.2, -0.15) is 42.8 Å². The zero-order valence-corrected chi connectivity index (χ0v) is 17.6. The normalized spacial score (nSPS) is 8.00. The second-order valence-electron chi connectivity index (χ2n) is 5.05. The molecule has 152 valence electrons. The van der Waals surface area contributed by atoms with Gasteiger partial charge < -0.3 is 19.1 Å². The summed E-state index contributed by atoms with van der Waals surface area (Å²) >= 11 is 4.62. The molecule has 0 radical (unpaired) electrons. The molecular weight excluding hydrogens is 414 g/mol. The maximum atomic E-state index is 7.94. The summed E-state index contributed by atoms with van der Waals surface area (Å²) in [5, 5.41) is 0. The Kier molecular flexibility index (Phi) is 40.4. The number of hydrogen-bond donors (Lipinski definition) is 0. The van der Waals surface area contributed by atoms with Crippen molar-refractivity contribution >= 4 is 0 Å². The molecule has 0 aliphatic carbocycles. The number of unbranched alkanes of at least 4 members (excludes halogenated alkanes) is 7. The molecule has 0 fully saturated rings. The molecule has 0 spiro atoms. The molecule has 0 bridgehead atoms. The Balaban J connectivity index is -0.000000287. The number of hydrogen-bond acceptors (Lipinski definition) is 2. The van der Waals surface area contributed by atoms with E-state index in [-0.39, 0.29) is 0 Å². The molecular formula is C22H30Co2O2-4. The Morgan fingerprint density at radius 1 is 0.615 bits per heavy atom. The van der Waals surface area contributed by atoms with Gasteiger partial charge in [-0.3, -0.25) is 24.3 Å². The Morgan fingerprint density at radius 2 is 1.00 bits per heavy atom. The third kappa shape index (κ3) is 34.4. The SMILES string of the molecule is [CH2-]CCCCCCCCC.[O]=[Co].[O]=[Co].[c-]1cc[c-]cc1.[c-]1ccccc1. The van der Waals surface area contributed by atoms with Gasteiger partial charge in [0.2, 0.25) is 0 Å². The molecule has 0 heterocycles. The fraction of sp³-hybridized carbons (Fsp3) is 0.409. The Labute approximate surface area is 176 Å². The van der Waals surface area contributed by atoms with Crippen molar-refractivity contribution in [2.75, 3.05) is 0 Å². The predicted molar refractivity (Wildman–Crippen MR) is 98.7 cm³/mol. The molecule has 2 aromatic rings. The van der Waals surface area contributed by atoms with Gasteiger partial charge in [-0.15, -0.1) is 0 Å². The summed E-state index contributed by atoms with van der Waals surface area (Å²) in [5.74, 6) is 0. The fourth-order valence-corrected chi connectivity index (χ4v) is 1.78. The van der Waals surface area contributed by atoms with Crippen LogP contribution in [0.3, 0.4) is 0 Å². The van der Waals surface area contributed by atoms with E-state index in [9.17, 15) is 0 Å². The molecule has 2 rings (SSSR count). The van der Waals surface area contributed by atoms with Crippen LogP contribution in [0.4, 0.5) is 0 Å². The Morgan fingerprint density at radius 3 is 1.27 bits per heavy atom. The number of rotatable bonds is 7. The Hall–Kier alpha value is -0.947. The van der Waals surface area contributed by atoms with Gasteiger partial charge in [0.15, 0.2) is 0 Å². The minimum atomic E-state index is 1.12. The molecule has 2 nitrogen and oxygen atoms in total. The van der Waals surface area contributed by atoms with Gasteiger partial charge in [0.1, 0.15) is 0 Å². The maximum Gasteiger partial charge on any atom is -0.171 e. The third-order valence-electron chi connectivity index (χ3n) is 3.01. The van der Waals surface area contributed by atoms with Crippen LogP contribution in [0.25, 0.3) is 0 Å². The van der Waals surface area contributed by atoms with Gasteiger partial charge in [0, 0.05) is 0 Å². The van der Waals surface area contributed by atoms with Gasteiger partial charge in [-0.1, -0.05) is 51.9 Å². The molecule has 0 aromatic heterocycles. The van der Waals surface area contributed by atoms with Crippen molar-refractivity contribution in [2.45, 2.75) is 58.3 Å². The van der Waals surface area contributed by atoms with E-state index in [2.05, 4.69) is 63.4 Å². The van der Waals surface area contributed by atoms with Crippen molar-refractivity contribution in [1.82, 2.24) is 0 Å². The summed E-state index contributed by atoms with van der Waals surface area (Å²) in [7, 11) is 0. The van der Waals surface area contributed by atoms with E-state index >= 15 is 0 Å². The maximum absolute atomic E-state index is 7.94. The molecule has 0 aliphatic heterocycles. The first-order valence-electron chi connectivity index (χ1n) is 8.71. The van der Waals surface area contributed by atoms with Crippen LogP contribution >= 0.6 is 0 Å². The molecule has 26 heavy (non-hydrogen) atoms. The van der Waals surface area contributed by atoms with E-state index in [1.807, 2.05) is 54.6 Å². The molecule has 0 atom stereocenters. The third-order valence-corrected chi connectivity index (χ3v) is 3.01. The zero-order chi connectivity index (χ0) is 20.1. The first kappa shape index (κ1) is 29.8. The smallest absolute Gasteiger partial charge is 0.171 e. The second-order valence-corrected chi connectivity index (χ2v) is 5.05. The van der Waals surface area contributed by atoms with Crippen LogP contribution in [-0.4, -0.2) is 0 Å². The van der Waals surface area contributed by atoms with Gasteiger partial charge in [0.05, 0.1) is 0 Å². The van der Waals surface area contributed by atoms with Crippen molar-refractivity contribution in [1.29, 1.82) is 0 Å². The zero-order valence-electron chi connectivity index (χ0n) is 15.5. The molecule has 0 saturated carbocycles. The van der Waals surface area contributed by atoms with Crippen molar-refractivity contribution < 1.29 is 39.1 Å². The largest absolute Gasteiger partial charge is 0.319 e. The van der Waals surface area contributed by atoms with Gasteiger partial charge >= 0.3 is 39.1 Å². The van der Waals surface area contributed by atoms with Crippen LogP contribution in [0.1, 0.15) is 58.3 Å². The van der Waals surface area contributed by atoms with Crippen LogP contribution in [0.5, 0.6) is 0 Å². The van der Waals surface area contributed by atoms with Crippen LogP contribution in [0.2, 0.25) is 0 Å². The quantitative estimate of drug-likeness (QED) is 0.361. The van der Waals surface area contributed by atoms with E-state index in [0.29, 0.717) is 0 Å². The summed E-state index contributed by atoms with van der Waals surface area (Å²) in [5.41, 5.74) is 0. The Bertz CT molecular complexity index is 318. The van der Waals surface area contributed by atoms with E-state index in [4.69, 9.17) is 7.73 Å². The standard InChI is InChI=1S/C10H21.C6H5.C6H4.2Co.2O/c1-3-5-7-9-10-8-6-4-2;2*1-2-4-6-5-3-1;;;;/h1,3-10H2,2H3;1-5H;1-2,5-6H;;;;/q2*-1;-2;;;;. The molecule has 2 aromatic carbocycles. The second kappa shape index (κ2) is 35.2. The average Bonchev–Trinajstić information content (AvgIpc) is 2.77. The van der Waals surface area contributed by atoms with Crippen molar-refractivity contribution in [3.63, 3.8) is 0 Å². The van der Waals surface area contributed by atoms with Gasteiger partial charge in [-0.05, 0) is 0 Å². The summed E-state index contributed by atoms with van der Waals surface area (Å²) in [6, 6.07) is 25.5. The average molecular weight is 444 g/mol. The van der Waals surface area contributed by atoms with Crippen LogP contribution in [-0.2, 0) is 39.1 Å². The topological polar surface area (TPSA) is 34.1 Å². The molecule has 0 amide bonds. The molecule has 0 saturated heterocycles. The van der Waals surface area contributed by atoms with E-state index in [1.165, 1.54) is 44.9 Å². The first-order valence-corrected chi connectivity index (χ1v) is 9.56. The molecule has 0 unspecified atom stereocenters. The predicted octanol–water partition coefficient (Wildman–Crippen LogP) is 6.49. The minimum Gasteiger partial charge on any atom is -0.319 e. The van der Waals surface area contributed by atoms with E-state index < -0.39 is 0 Å². The molecule has 0 aliphatic rings. The van der Waals surface area contributed by atoms with Gasteiger partial charge in [0.25, 0.3) is 0 Å². The summed E-state index contributed by atoms with van der Waals surface area (Å²) in [4.78, 5) is 0. The van der Waals surface area contributed by atoms with Crippen molar-refractivity contribution in [2.24, 2.45) is 0 Å². The van der Waals surface area contributed by atoms with E-state index in [0.717, 1.165) is 6.42 Å². The van der Waals surface area contributed by atoms with Crippen molar-refractivity contribution in [3.8, 4) is 0 Å². The molecule has 0 N–H and O–H groups in total. The monoisotopic (exact) mass is 444 g/mol. The van der Waals surface area contributed by atoms with Gasteiger partial charge in [-0.25, -0.2) is 0 Å². The van der Waals surface area contributed by atoms with Crippen LogP contribution in [0, 0.1) is 25.1 Å². The summed E-state index contributed by atoms with van der Waals surface area (Å²) < 4.78 is 15.9. The minimum absolute atomic E-state index is 1.12. The first-order chi connectivity index (χ1) is 12.9. The number of benzene rings is 2. The summed E-state index contributed by atoms with van der Waals surface area (Å²) in [6.07, 6.45) is 10.9. The van der Waals surface area contributed by atoms with Crippen molar-refractivity contribution in [3.05, 3.63) is 79.7 Å².